The molecule has 1 heterocycles. The van der Waals surface area contributed by atoms with E-state index in [1.807, 2.05) is 0 Å². The first kappa shape index (κ1) is 12.1. The van der Waals surface area contributed by atoms with E-state index in [-0.39, 0.29) is 0 Å². The van der Waals surface area contributed by atoms with Gasteiger partial charge in [0.15, 0.2) is 0 Å². The third-order valence-electron chi connectivity index (χ3n) is 4.02. The Hall–Kier alpha value is -1.91. The van der Waals surface area contributed by atoms with Gasteiger partial charge in [0.25, 0.3) is 0 Å². The van der Waals surface area contributed by atoms with Crippen molar-refractivity contribution < 1.29 is 0 Å². The van der Waals surface area contributed by atoms with Gasteiger partial charge in [0.2, 0.25) is 0 Å². The van der Waals surface area contributed by atoms with Crippen LogP contribution in [0.2, 0.25) is 0 Å². The molecule has 1 aromatic carbocycles. The third kappa shape index (κ3) is 2.45. The number of rotatable bonds is 3. The van der Waals surface area contributed by atoms with Crippen LogP contribution in [0.3, 0.4) is 0 Å². The molecule has 0 saturated heterocycles. The Kier molecular flexibility index (Phi) is 3.19. The summed E-state index contributed by atoms with van der Waals surface area (Å²) in [6.45, 7) is 4.39. The Morgan fingerprint density at radius 1 is 1.32 bits per heavy atom. The number of hydrogen-bond acceptors (Lipinski definition) is 4. The van der Waals surface area contributed by atoms with E-state index in [2.05, 4.69) is 52.9 Å². The highest BCUT2D eigenvalue weighted by atomic mass is 15.5. The lowest BCUT2D eigenvalue weighted by atomic mass is 10.1. The summed E-state index contributed by atoms with van der Waals surface area (Å²) in [5, 5.41) is 15.0. The predicted molar refractivity (Wildman–Crippen MR) is 74.3 cm³/mol. The fourth-order valence-electron chi connectivity index (χ4n) is 2.79. The van der Waals surface area contributed by atoms with Gasteiger partial charge in [0.05, 0.1) is 5.69 Å². The zero-order valence-corrected chi connectivity index (χ0v) is 11.4. The second kappa shape index (κ2) is 4.99. The quantitative estimate of drug-likeness (QED) is 0.918. The minimum atomic E-state index is 0.587. The number of aryl methyl sites for hydroxylation is 1. The van der Waals surface area contributed by atoms with Crippen molar-refractivity contribution in [1.29, 1.82) is 0 Å². The molecule has 2 aromatic rings. The SMILES string of the molecule is Cc1ccc(NC2CCCC2C)cc1-n1cnnn1. The Morgan fingerprint density at radius 2 is 2.21 bits per heavy atom. The first-order valence-electron chi connectivity index (χ1n) is 6.84. The minimum Gasteiger partial charge on any atom is -0.382 e. The number of nitrogens with one attached hydrogen (secondary N) is 1. The minimum absolute atomic E-state index is 0.587. The Labute approximate surface area is 113 Å². The zero-order chi connectivity index (χ0) is 13.2. The molecule has 3 rings (SSSR count). The number of anilines is 1. The molecule has 100 valence electrons. The van der Waals surface area contributed by atoms with Crippen molar-refractivity contribution in [1.82, 2.24) is 20.2 Å². The molecule has 1 aliphatic carbocycles. The molecule has 2 unspecified atom stereocenters. The maximum absolute atomic E-state index is 3.96. The molecule has 1 aromatic heterocycles. The molecule has 0 radical (unpaired) electrons. The fourth-order valence-corrected chi connectivity index (χ4v) is 2.79. The second-order valence-electron chi connectivity index (χ2n) is 5.41. The van der Waals surface area contributed by atoms with Crippen LogP contribution in [0.1, 0.15) is 31.7 Å². The van der Waals surface area contributed by atoms with Crippen molar-refractivity contribution in [2.24, 2.45) is 5.92 Å². The van der Waals surface area contributed by atoms with E-state index in [0.29, 0.717) is 6.04 Å². The molecule has 19 heavy (non-hydrogen) atoms. The lowest BCUT2D eigenvalue weighted by Crippen LogP contribution is -2.21. The van der Waals surface area contributed by atoms with Crippen molar-refractivity contribution in [3.8, 4) is 5.69 Å². The van der Waals surface area contributed by atoms with Crippen LogP contribution in [-0.2, 0) is 0 Å². The molecule has 2 atom stereocenters. The highest BCUT2D eigenvalue weighted by Gasteiger charge is 2.23. The van der Waals surface area contributed by atoms with Gasteiger partial charge in [0, 0.05) is 11.7 Å². The Morgan fingerprint density at radius 3 is 2.89 bits per heavy atom. The zero-order valence-electron chi connectivity index (χ0n) is 11.4. The maximum atomic E-state index is 3.96. The molecular weight excluding hydrogens is 238 g/mol. The highest BCUT2D eigenvalue weighted by molar-refractivity contribution is 5.55. The van der Waals surface area contributed by atoms with E-state index in [4.69, 9.17) is 0 Å². The Balaban J connectivity index is 1.85. The van der Waals surface area contributed by atoms with Gasteiger partial charge in [-0.1, -0.05) is 19.4 Å². The summed E-state index contributed by atoms with van der Waals surface area (Å²) in [7, 11) is 0. The molecule has 1 saturated carbocycles. The average Bonchev–Trinajstić information content (AvgIpc) is 3.04. The van der Waals surface area contributed by atoms with Crippen LogP contribution < -0.4 is 5.32 Å². The summed E-state index contributed by atoms with van der Waals surface area (Å²) in [6, 6.07) is 6.95. The van der Waals surface area contributed by atoms with Crippen LogP contribution in [-0.4, -0.2) is 26.2 Å². The largest absolute Gasteiger partial charge is 0.382 e. The van der Waals surface area contributed by atoms with Crippen molar-refractivity contribution in [2.75, 3.05) is 5.32 Å². The fraction of sp³-hybridized carbons (Fsp3) is 0.500. The summed E-state index contributed by atoms with van der Waals surface area (Å²) in [6.07, 6.45) is 5.54. The van der Waals surface area contributed by atoms with Gasteiger partial charge >= 0.3 is 0 Å². The summed E-state index contributed by atoms with van der Waals surface area (Å²) in [5.74, 6) is 0.748. The molecule has 0 spiro atoms. The van der Waals surface area contributed by atoms with Crippen LogP contribution in [0, 0.1) is 12.8 Å². The number of hydrogen-bond donors (Lipinski definition) is 1. The van der Waals surface area contributed by atoms with Gasteiger partial charge in [-0.15, -0.1) is 5.10 Å². The summed E-state index contributed by atoms with van der Waals surface area (Å²) >= 11 is 0. The highest BCUT2D eigenvalue weighted by Crippen LogP contribution is 2.29. The van der Waals surface area contributed by atoms with Crippen molar-refractivity contribution >= 4 is 5.69 Å². The summed E-state index contributed by atoms with van der Waals surface area (Å²) < 4.78 is 1.71. The van der Waals surface area contributed by atoms with E-state index >= 15 is 0 Å². The first-order valence-corrected chi connectivity index (χ1v) is 6.84. The third-order valence-corrected chi connectivity index (χ3v) is 4.02. The molecule has 0 amide bonds. The van der Waals surface area contributed by atoms with Gasteiger partial charge in [0.1, 0.15) is 6.33 Å². The second-order valence-corrected chi connectivity index (χ2v) is 5.41. The molecule has 1 fully saturated rings. The average molecular weight is 257 g/mol. The lowest BCUT2D eigenvalue weighted by molar-refractivity contribution is 0.556. The van der Waals surface area contributed by atoms with E-state index in [1.54, 1.807) is 11.0 Å². The number of nitrogens with zero attached hydrogens (tertiary/aromatic N) is 4. The van der Waals surface area contributed by atoms with Crippen LogP contribution in [0.15, 0.2) is 24.5 Å². The van der Waals surface area contributed by atoms with Crippen molar-refractivity contribution in [2.45, 2.75) is 39.2 Å². The molecule has 0 aliphatic heterocycles. The van der Waals surface area contributed by atoms with Crippen LogP contribution in [0.4, 0.5) is 5.69 Å². The van der Waals surface area contributed by atoms with Gasteiger partial charge < -0.3 is 5.32 Å². The van der Waals surface area contributed by atoms with Gasteiger partial charge in [-0.3, -0.25) is 0 Å². The molecule has 5 heteroatoms. The predicted octanol–water partition coefficient (Wildman–Crippen LogP) is 2.57. The lowest BCUT2D eigenvalue weighted by Gasteiger charge is -2.19. The van der Waals surface area contributed by atoms with E-state index < -0.39 is 0 Å². The maximum Gasteiger partial charge on any atom is 0.143 e. The van der Waals surface area contributed by atoms with Crippen LogP contribution in [0.5, 0.6) is 0 Å². The van der Waals surface area contributed by atoms with Crippen LogP contribution >= 0.6 is 0 Å². The van der Waals surface area contributed by atoms with E-state index in [1.165, 1.54) is 19.3 Å². The molecule has 1 aliphatic rings. The van der Waals surface area contributed by atoms with Crippen LogP contribution in [0.25, 0.3) is 5.69 Å². The first-order chi connectivity index (χ1) is 9.24. The summed E-state index contributed by atoms with van der Waals surface area (Å²) in [4.78, 5) is 0. The molecule has 5 nitrogen and oxygen atoms in total. The normalized spacial score (nSPS) is 22.6. The van der Waals surface area contributed by atoms with Crippen molar-refractivity contribution in [3.05, 3.63) is 30.1 Å². The number of tetrazole rings is 1. The van der Waals surface area contributed by atoms with Gasteiger partial charge in [-0.2, -0.15) is 0 Å². The molecule has 1 N–H and O–H groups in total. The smallest absolute Gasteiger partial charge is 0.143 e. The number of benzene rings is 1. The molecular formula is C14H19N5. The van der Waals surface area contributed by atoms with Crippen molar-refractivity contribution in [3.63, 3.8) is 0 Å². The monoisotopic (exact) mass is 257 g/mol. The van der Waals surface area contributed by atoms with E-state index in [0.717, 1.165) is 22.9 Å². The number of aromatic nitrogens is 4. The Bertz CT molecular complexity index is 549. The molecule has 0 bridgehead atoms. The standard InChI is InChI=1S/C14H19N5/c1-10-4-3-5-13(10)16-12-7-6-11(2)14(8-12)19-9-15-17-18-19/h6-10,13,16H,3-5H2,1-2H3. The van der Waals surface area contributed by atoms with Gasteiger partial charge in [-0.25, -0.2) is 4.68 Å². The van der Waals surface area contributed by atoms with E-state index in [9.17, 15) is 0 Å². The summed E-state index contributed by atoms with van der Waals surface area (Å²) in [5.41, 5.74) is 3.34. The van der Waals surface area contributed by atoms with Gasteiger partial charge in [-0.05, 0) is 53.8 Å². The topological polar surface area (TPSA) is 55.6 Å².